The van der Waals surface area contributed by atoms with E-state index >= 15 is 0 Å². The number of hydrogen-bond donors (Lipinski definition) is 1. The second-order valence-electron chi connectivity index (χ2n) is 5.34. The molecule has 0 atom stereocenters. The van der Waals surface area contributed by atoms with Gasteiger partial charge in [-0.05, 0) is 43.0 Å². The maximum Gasteiger partial charge on any atom is 0.253 e. The predicted octanol–water partition coefficient (Wildman–Crippen LogP) is 1.10. The van der Waals surface area contributed by atoms with Gasteiger partial charge in [0.15, 0.2) is 0 Å². The summed E-state index contributed by atoms with van der Waals surface area (Å²) in [5.74, 6) is -0.192. The largest absolute Gasteiger partial charge is 0.380 e. The van der Waals surface area contributed by atoms with Gasteiger partial charge in [0.25, 0.3) is 5.91 Å². The van der Waals surface area contributed by atoms with Crippen LogP contribution in [0.3, 0.4) is 0 Å². The third kappa shape index (κ3) is 3.61. The van der Waals surface area contributed by atoms with Gasteiger partial charge >= 0.3 is 0 Å². The third-order valence-electron chi connectivity index (χ3n) is 3.80. The van der Waals surface area contributed by atoms with E-state index in [0.717, 1.165) is 19.3 Å². The maximum absolute atomic E-state index is 12.5. The number of sulfonamides is 1. The van der Waals surface area contributed by atoms with E-state index in [0.29, 0.717) is 11.1 Å². The van der Waals surface area contributed by atoms with Crippen LogP contribution in [0, 0.1) is 0 Å². The number of rotatable bonds is 5. The fourth-order valence-electron chi connectivity index (χ4n) is 2.34. The van der Waals surface area contributed by atoms with E-state index in [9.17, 15) is 13.2 Å². The molecule has 116 valence electrons. The van der Waals surface area contributed by atoms with Crippen LogP contribution in [0.15, 0.2) is 23.1 Å². The Morgan fingerprint density at radius 1 is 1.38 bits per heavy atom. The van der Waals surface area contributed by atoms with Crippen LogP contribution in [-0.2, 0) is 21.4 Å². The van der Waals surface area contributed by atoms with Gasteiger partial charge in [0.05, 0.1) is 11.5 Å². The van der Waals surface area contributed by atoms with Crippen LogP contribution >= 0.6 is 0 Å². The molecular weight excluding hydrogens is 292 g/mol. The average molecular weight is 312 g/mol. The molecule has 0 aliphatic heterocycles. The Balaban J connectivity index is 2.37. The fraction of sp³-hybridized carbons (Fsp3) is 0.500. The number of benzene rings is 1. The molecule has 1 saturated carbocycles. The van der Waals surface area contributed by atoms with Crippen LogP contribution in [0.5, 0.6) is 0 Å². The monoisotopic (exact) mass is 312 g/mol. The van der Waals surface area contributed by atoms with E-state index in [1.807, 2.05) is 0 Å². The summed E-state index contributed by atoms with van der Waals surface area (Å²) in [5.41, 5.74) is 0.928. The van der Waals surface area contributed by atoms with Crippen molar-refractivity contribution in [1.82, 2.24) is 4.90 Å². The molecule has 0 heterocycles. The van der Waals surface area contributed by atoms with Crippen molar-refractivity contribution in [2.24, 2.45) is 5.14 Å². The minimum atomic E-state index is -3.86. The molecule has 1 fully saturated rings. The van der Waals surface area contributed by atoms with Crippen LogP contribution < -0.4 is 5.14 Å². The first-order valence-electron chi connectivity index (χ1n) is 6.76. The molecule has 1 amide bonds. The van der Waals surface area contributed by atoms with E-state index in [2.05, 4.69) is 0 Å². The molecule has 21 heavy (non-hydrogen) atoms. The van der Waals surface area contributed by atoms with Crippen LogP contribution in [0.2, 0.25) is 0 Å². The van der Waals surface area contributed by atoms with Crippen LogP contribution in [0.1, 0.15) is 35.2 Å². The summed E-state index contributed by atoms with van der Waals surface area (Å²) >= 11 is 0. The van der Waals surface area contributed by atoms with E-state index in [4.69, 9.17) is 9.88 Å². The number of carbonyl (C=O) groups is 1. The fourth-order valence-corrected chi connectivity index (χ4v) is 2.95. The smallest absolute Gasteiger partial charge is 0.253 e. The van der Waals surface area contributed by atoms with Crippen molar-refractivity contribution in [2.45, 2.75) is 36.8 Å². The first-order chi connectivity index (χ1) is 9.82. The van der Waals surface area contributed by atoms with Gasteiger partial charge in [-0.3, -0.25) is 4.79 Å². The molecule has 1 aliphatic rings. The molecule has 1 aromatic rings. The number of carbonyl (C=O) groups excluding carboxylic acids is 1. The van der Waals surface area contributed by atoms with Crippen molar-refractivity contribution in [1.29, 1.82) is 0 Å². The molecule has 2 N–H and O–H groups in total. The molecule has 0 bridgehead atoms. The molecule has 0 unspecified atom stereocenters. The van der Waals surface area contributed by atoms with Gasteiger partial charge in [-0.15, -0.1) is 0 Å². The lowest BCUT2D eigenvalue weighted by Gasteiger charge is -2.34. The lowest BCUT2D eigenvalue weighted by atomic mass is 9.91. The highest BCUT2D eigenvalue weighted by Gasteiger charge is 2.27. The molecule has 0 aromatic heterocycles. The van der Waals surface area contributed by atoms with Gasteiger partial charge in [-0.2, -0.15) is 0 Å². The summed E-state index contributed by atoms with van der Waals surface area (Å²) in [4.78, 5) is 14.1. The number of methoxy groups -OCH3 is 1. The highest BCUT2D eigenvalue weighted by Crippen LogP contribution is 2.25. The van der Waals surface area contributed by atoms with Gasteiger partial charge in [-0.25, -0.2) is 13.6 Å². The van der Waals surface area contributed by atoms with E-state index in [1.54, 1.807) is 18.0 Å². The molecule has 6 nitrogen and oxygen atoms in total. The zero-order valence-electron chi connectivity index (χ0n) is 12.2. The summed E-state index contributed by atoms with van der Waals surface area (Å²) in [6, 6.07) is 4.64. The number of primary sulfonamides is 1. The SMILES string of the molecule is COCc1cc(C(=O)N(C)C2CCC2)cc(S(N)(=O)=O)c1. The first kappa shape index (κ1) is 15.9. The minimum absolute atomic E-state index is 0.0672. The van der Waals surface area contributed by atoms with Crippen molar-refractivity contribution in [3.63, 3.8) is 0 Å². The number of hydrogen-bond acceptors (Lipinski definition) is 4. The van der Waals surface area contributed by atoms with Crippen molar-refractivity contribution in [3.05, 3.63) is 29.3 Å². The zero-order valence-corrected chi connectivity index (χ0v) is 13.0. The highest BCUT2D eigenvalue weighted by molar-refractivity contribution is 7.89. The molecule has 0 saturated heterocycles. The van der Waals surface area contributed by atoms with E-state index in [1.165, 1.54) is 19.2 Å². The van der Waals surface area contributed by atoms with Crippen molar-refractivity contribution < 1.29 is 17.9 Å². The summed E-state index contributed by atoms with van der Waals surface area (Å²) < 4.78 is 28.1. The molecule has 7 heteroatoms. The third-order valence-corrected chi connectivity index (χ3v) is 4.69. The Kier molecular flexibility index (Phi) is 4.65. The first-order valence-corrected chi connectivity index (χ1v) is 8.30. The zero-order chi connectivity index (χ0) is 15.6. The number of amides is 1. The molecule has 2 rings (SSSR count). The predicted molar refractivity (Wildman–Crippen MR) is 78.3 cm³/mol. The van der Waals surface area contributed by atoms with E-state index < -0.39 is 10.0 Å². The molecule has 0 spiro atoms. The van der Waals surface area contributed by atoms with Crippen molar-refractivity contribution in [2.75, 3.05) is 14.2 Å². The molecule has 0 radical (unpaired) electrons. The second kappa shape index (κ2) is 6.13. The van der Waals surface area contributed by atoms with Gasteiger partial charge in [0.2, 0.25) is 10.0 Å². The average Bonchev–Trinajstić information content (AvgIpc) is 2.34. The summed E-state index contributed by atoms with van der Waals surface area (Å²) in [7, 11) is -0.616. The topological polar surface area (TPSA) is 89.7 Å². The Labute approximate surface area is 124 Å². The molecular formula is C14H20N2O4S. The summed E-state index contributed by atoms with van der Waals surface area (Å²) in [6.45, 7) is 0.219. The van der Waals surface area contributed by atoms with Gasteiger partial charge in [-0.1, -0.05) is 0 Å². The Morgan fingerprint density at radius 3 is 2.52 bits per heavy atom. The Hall–Kier alpha value is -1.44. The van der Waals surface area contributed by atoms with Crippen LogP contribution in [-0.4, -0.2) is 39.4 Å². The quantitative estimate of drug-likeness (QED) is 0.881. The standard InChI is InChI=1S/C14H20N2O4S/c1-16(12-4-3-5-12)14(17)11-6-10(9-20-2)7-13(8-11)21(15,18)19/h6-8,12H,3-5,9H2,1-2H3,(H2,15,18,19). The van der Waals surface area contributed by atoms with Crippen LogP contribution in [0.25, 0.3) is 0 Å². The Morgan fingerprint density at radius 2 is 2.05 bits per heavy atom. The van der Waals surface area contributed by atoms with Crippen molar-refractivity contribution >= 4 is 15.9 Å². The number of ether oxygens (including phenoxy) is 1. The number of nitrogens with two attached hydrogens (primary N) is 1. The normalized spacial score (nSPS) is 15.6. The minimum Gasteiger partial charge on any atom is -0.380 e. The number of nitrogens with zero attached hydrogens (tertiary/aromatic N) is 1. The van der Waals surface area contributed by atoms with E-state index in [-0.39, 0.29) is 23.5 Å². The van der Waals surface area contributed by atoms with Gasteiger partial charge < -0.3 is 9.64 Å². The second-order valence-corrected chi connectivity index (χ2v) is 6.91. The van der Waals surface area contributed by atoms with Crippen molar-refractivity contribution in [3.8, 4) is 0 Å². The van der Waals surface area contributed by atoms with Gasteiger partial charge in [0.1, 0.15) is 0 Å². The van der Waals surface area contributed by atoms with Gasteiger partial charge in [0, 0.05) is 25.8 Å². The molecule has 1 aromatic carbocycles. The van der Waals surface area contributed by atoms with Crippen LogP contribution in [0.4, 0.5) is 0 Å². The summed E-state index contributed by atoms with van der Waals surface area (Å²) in [6.07, 6.45) is 3.10. The molecule has 1 aliphatic carbocycles. The lowest BCUT2D eigenvalue weighted by Crippen LogP contribution is -2.41. The maximum atomic E-state index is 12.5. The summed E-state index contributed by atoms with van der Waals surface area (Å²) in [5, 5.41) is 5.17. The highest BCUT2D eigenvalue weighted by atomic mass is 32.2. The Bertz CT molecular complexity index is 638. The lowest BCUT2D eigenvalue weighted by molar-refractivity contribution is 0.0651.